The molecule has 2 rings (SSSR count). The quantitative estimate of drug-likeness (QED) is 0.634. The Hall–Kier alpha value is -2.00. The van der Waals surface area contributed by atoms with Crippen LogP contribution in [0.3, 0.4) is 0 Å². The van der Waals surface area contributed by atoms with E-state index in [4.69, 9.17) is 0 Å². The van der Waals surface area contributed by atoms with Gasteiger partial charge in [0.25, 0.3) is 0 Å². The monoisotopic (exact) mass is 290 g/mol. The van der Waals surface area contributed by atoms with E-state index in [1.807, 2.05) is 0 Å². The fourth-order valence-corrected chi connectivity index (χ4v) is 2.33. The molecule has 0 aliphatic rings. The fourth-order valence-electron chi connectivity index (χ4n) is 2.33. The lowest BCUT2D eigenvalue weighted by Gasteiger charge is -2.18. The van der Waals surface area contributed by atoms with E-state index in [0.717, 1.165) is 11.1 Å². The Balaban J connectivity index is 2.06. The van der Waals surface area contributed by atoms with Crippen LogP contribution in [0.15, 0.2) is 48.5 Å². The van der Waals surface area contributed by atoms with E-state index in [0.29, 0.717) is 0 Å². The summed E-state index contributed by atoms with van der Waals surface area (Å²) in [5.41, 5.74) is 5.10. The van der Waals surface area contributed by atoms with Crippen molar-refractivity contribution in [3.63, 3.8) is 0 Å². The molecule has 0 fully saturated rings. The lowest BCUT2D eigenvalue weighted by atomic mass is 9.87. The average molecular weight is 290 g/mol. The van der Waals surface area contributed by atoms with E-state index < -0.39 is 0 Å². The molecule has 0 N–H and O–H groups in total. The van der Waals surface area contributed by atoms with E-state index in [1.54, 1.807) is 0 Å². The zero-order chi connectivity index (χ0) is 16.0. The summed E-state index contributed by atoms with van der Waals surface area (Å²) in [5.74, 6) is 6.50. The maximum Gasteiger partial charge on any atom is 0.0249 e. The molecule has 0 heterocycles. The molecule has 0 aliphatic carbocycles. The largest absolute Gasteiger partial charge is 0.0654 e. The summed E-state index contributed by atoms with van der Waals surface area (Å²) in [6.45, 7) is 8.92. The number of benzene rings is 2. The maximum absolute atomic E-state index is 3.25. The molecule has 0 aliphatic heterocycles. The fraction of sp³-hybridized carbons (Fsp3) is 0.364. The second-order valence-electron chi connectivity index (χ2n) is 6.88. The molecule has 0 radical (unpaired) electrons. The molecule has 114 valence electrons. The van der Waals surface area contributed by atoms with Gasteiger partial charge in [0.05, 0.1) is 0 Å². The van der Waals surface area contributed by atoms with Gasteiger partial charge in [-0.25, -0.2) is 0 Å². The summed E-state index contributed by atoms with van der Waals surface area (Å²) in [7, 11) is 0. The summed E-state index contributed by atoms with van der Waals surface area (Å²) >= 11 is 0. The van der Waals surface area contributed by atoms with Gasteiger partial charge in [0.2, 0.25) is 0 Å². The molecule has 0 heteroatoms. The van der Waals surface area contributed by atoms with Crippen molar-refractivity contribution in [1.82, 2.24) is 0 Å². The van der Waals surface area contributed by atoms with Gasteiger partial charge >= 0.3 is 0 Å². The smallest absolute Gasteiger partial charge is 0.0249 e. The molecule has 0 bridgehead atoms. The molecule has 0 spiro atoms. The molecule has 0 aromatic heterocycles. The van der Waals surface area contributed by atoms with Crippen molar-refractivity contribution in [2.24, 2.45) is 0 Å². The van der Waals surface area contributed by atoms with Crippen LogP contribution in [0.4, 0.5) is 0 Å². The van der Waals surface area contributed by atoms with Gasteiger partial charge in [-0.3, -0.25) is 0 Å². The topological polar surface area (TPSA) is 0 Å². The molecule has 0 atom stereocenters. The van der Waals surface area contributed by atoms with Gasteiger partial charge in [0.1, 0.15) is 0 Å². The SMILES string of the molecule is CCCCc1ccc(C#Cc2ccc(C(C)(C)C)cc2)cc1. The minimum absolute atomic E-state index is 0.195. The van der Waals surface area contributed by atoms with Crippen LogP contribution in [0, 0.1) is 11.8 Å². The highest BCUT2D eigenvalue weighted by molar-refractivity contribution is 5.44. The first kappa shape index (κ1) is 16.4. The molecule has 0 amide bonds. The Morgan fingerprint density at radius 2 is 1.27 bits per heavy atom. The minimum Gasteiger partial charge on any atom is -0.0654 e. The Morgan fingerprint density at radius 1 is 0.773 bits per heavy atom. The average Bonchev–Trinajstić information content (AvgIpc) is 2.51. The second kappa shape index (κ2) is 7.32. The van der Waals surface area contributed by atoms with Crippen molar-refractivity contribution in [3.05, 3.63) is 70.8 Å². The van der Waals surface area contributed by atoms with Crippen LogP contribution in [0.5, 0.6) is 0 Å². The normalized spacial score (nSPS) is 10.9. The third-order valence-electron chi connectivity index (χ3n) is 3.88. The summed E-state index contributed by atoms with van der Waals surface area (Å²) in [4.78, 5) is 0. The van der Waals surface area contributed by atoms with Crippen LogP contribution in [0.2, 0.25) is 0 Å². The molecule has 0 unspecified atom stereocenters. The molecular formula is C22H26. The number of hydrogen-bond acceptors (Lipinski definition) is 0. The van der Waals surface area contributed by atoms with Crippen molar-refractivity contribution in [2.45, 2.75) is 52.4 Å². The van der Waals surface area contributed by atoms with Crippen molar-refractivity contribution in [3.8, 4) is 11.8 Å². The van der Waals surface area contributed by atoms with Crippen LogP contribution >= 0.6 is 0 Å². The van der Waals surface area contributed by atoms with Crippen molar-refractivity contribution in [1.29, 1.82) is 0 Å². The summed E-state index contributed by atoms with van der Waals surface area (Å²) in [5, 5.41) is 0. The zero-order valence-corrected chi connectivity index (χ0v) is 14.2. The third-order valence-corrected chi connectivity index (χ3v) is 3.88. The van der Waals surface area contributed by atoms with Gasteiger partial charge < -0.3 is 0 Å². The molecule has 0 nitrogen and oxygen atoms in total. The Kier molecular flexibility index (Phi) is 5.45. The van der Waals surface area contributed by atoms with Gasteiger partial charge in [-0.05, 0) is 53.6 Å². The number of aryl methyl sites for hydroxylation is 1. The Bertz CT molecular complexity index is 640. The van der Waals surface area contributed by atoms with Crippen molar-refractivity contribution < 1.29 is 0 Å². The van der Waals surface area contributed by atoms with Gasteiger partial charge in [0, 0.05) is 11.1 Å². The van der Waals surface area contributed by atoms with E-state index in [1.165, 1.54) is 30.4 Å². The first-order chi connectivity index (χ1) is 10.5. The van der Waals surface area contributed by atoms with Crippen molar-refractivity contribution in [2.75, 3.05) is 0 Å². The van der Waals surface area contributed by atoms with Crippen LogP contribution in [-0.2, 0) is 11.8 Å². The van der Waals surface area contributed by atoms with Crippen LogP contribution in [0.1, 0.15) is 62.8 Å². The Morgan fingerprint density at radius 3 is 1.73 bits per heavy atom. The minimum atomic E-state index is 0.195. The van der Waals surface area contributed by atoms with Crippen LogP contribution in [-0.4, -0.2) is 0 Å². The molecule has 2 aromatic carbocycles. The van der Waals surface area contributed by atoms with E-state index >= 15 is 0 Å². The van der Waals surface area contributed by atoms with Gasteiger partial charge in [-0.15, -0.1) is 0 Å². The van der Waals surface area contributed by atoms with Gasteiger partial charge in [-0.2, -0.15) is 0 Å². The highest BCUT2D eigenvalue weighted by Gasteiger charge is 2.12. The summed E-state index contributed by atoms with van der Waals surface area (Å²) in [6.07, 6.45) is 3.66. The van der Waals surface area contributed by atoms with Crippen LogP contribution < -0.4 is 0 Å². The molecular weight excluding hydrogens is 264 g/mol. The number of hydrogen-bond donors (Lipinski definition) is 0. The summed E-state index contributed by atoms with van der Waals surface area (Å²) < 4.78 is 0. The van der Waals surface area contributed by atoms with Gasteiger partial charge in [0.15, 0.2) is 0 Å². The lowest BCUT2D eigenvalue weighted by Crippen LogP contribution is -2.10. The van der Waals surface area contributed by atoms with Gasteiger partial charge in [-0.1, -0.05) is 70.2 Å². The lowest BCUT2D eigenvalue weighted by molar-refractivity contribution is 0.590. The van der Waals surface area contributed by atoms with E-state index in [9.17, 15) is 0 Å². The molecule has 0 saturated carbocycles. The first-order valence-corrected chi connectivity index (χ1v) is 8.20. The third kappa shape index (κ3) is 4.78. The molecule has 0 saturated heterocycles. The zero-order valence-electron chi connectivity index (χ0n) is 14.2. The van der Waals surface area contributed by atoms with Crippen molar-refractivity contribution >= 4 is 0 Å². The van der Waals surface area contributed by atoms with Crippen LogP contribution in [0.25, 0.3) is 0 Å². The highest BCUT2D eigenvalue weighted by Crippen LogP contribution is 2.21. The Labute approximate surface area is 135 Å². The highest BCUT2D eigenvalue weighted by atomic mass is 14.2. The maximum atomic E-state index is 3.25. The standard InChI is InChI=1S/C22H26/c1-5-6-7-18-8-10-19(11-9-18)12-13-20-14-16-21(17-15-20)22(2,3)4/h8-11,14-17H,5-7H2,1-4H3. The predicted octanol–water partition coefficient (Wildman–Crippen LogP) is 5.73. The van der Waals surface area contributed by atoms with E-state index in [2.05, 4.69) is 88.1 Å². The predicted molar refractivity (Wildman–Crippen MR) is 96.2 cm³/mol. The van der Waals surface area contributed by atoms with E-state index in [-0.39, 0.29) is 5.41 Å². The molecule has 2 aromatic rings. The first-order valence-electron chi connectivity index (χ1n) is 8.20. The number of rotatable bonds is 3. The second-order valence-corrected chi connectivity index (χ2v) is 6.88. The molecule has 22 heavy (non-hydrogen) atoms. The summed E-state index contributed by atoms with van der Waals surface area (Å²) in [6, 6.07) is 17.2. The number of unbranched alkanes of at least 4 members (excludes halogenated alkanes) is 1.